The third-order valence-electron chi connectivity index (χ3n) is 2.75. The first-order chi connectivity index (χ1) is 8.43. The second-order valence-corrected chi connectivity index (χ2v) is 5.59. The minimum absolute atomic E-state index is 0.423. The summed E-state index contributed by atoms with van der Waals surface area (Å²) in [5.41, 5.74) is 2.27. The molecule has 0 aromatic heterocycles. The van der Waals surface area contributed by atoms with Crippen LogP contribution in [0.5, 0.6) is 0 Å². The molecule has 0 heterocycles. The molecular formula is C14H22BrNO2. The predicted molar refractivity (Wildman–Crippen MR) is 79.1 cm³/mol. The highest BCUT2D eigenvalue weighted by Gasteiger charge is 2.13. The first kappa shape index (κ1) is 15.5. The van der Waals surface area contributed by atoms with E-state index in [1.54, 1.807) is 13.8 Å². The Morgan fingerprint density at radius 3 is 2.11 bits per heavy atom. The number of hydrogen-bond acceptors (Lipinski definition) is 3. The lowest BCUT2D eigenvalue weighted by Gasteiger charge is -2.28. The number of hydrogen-bond donors (Lipinski definition) is 2. The SMILES string of the molecule is CCc1ccc(N(CC(C)O)CC(C)O)cc1Br. The summed E-state index contributed by atoms with van der Waals surface area (Å²) in [7, 11) is 0. The van der Waals surface area contributed by atoms with Crippen molar-refractivity contribution in [1.29, 1.82) is 0 Å². The molecule has 1 aromatic rings. The van der Waals surface area contributed by atoms with Crippen molar-refractivity contribution < 1.29 is 10.2 Å². The predicted octanol–water partition coefficient (Wildman–Crippen LogP) is 2.58. The molecule has 102 valence electrons. The van der Waals surface area contributed by atoms with Crippen molar-refractivity contribution in [3.8, 4) is 0 Å². The summed E-state index contributed by atoms with van der Waals surface area (Å²) in [5, 5.41) is 19.1. The van der Waals surface area contributed by atoms with E-state index in [0.29, 0.717) is 13.1 Å². The lowest BCUT2D eigenvalue weighted by atomic mass is 10.1. The van der Waals surface area contributed by atoms with E-state index in [-0.39, 0.29) is 0 Å². The molecule has 2 atom stereocenters. The summed E-state index contributed by atoms with van der Waals surface area (Å²) in [6.07, 6.45) is 0.134. The van der Waals surface area contributed by atoms with E-state index in [1.165, 1.54) is 5.56 Å². The zero-order valence-corrected chi connectivity index (χ0v) is 12.8. The largest absolute Gasteiger partial charge is 0.392 e. The number of aryl methyl sites for hydroxylation is 1. The number of halogens is 1. The molecule has 2 unspecified atom stereocenters. The summed E-state index contributed by atoms with van der Waals surface area (Å²) in [5.74, 6) is 0. The van der Waals surface area contributed by atoms with Crippen LogP contribution in [0.2, 0.25) is 0 Å². The van der Waals surface area contributed by atoms with Gasteiger partial charge in [0.05, 0.1) is 12.2 Å². The molecule has 0 spiro atoms. The van der Waals surface area contributed by atoms with Crippen LogP contribution in [0.25, 0.3) is 0 Å². The van der Waals surface area contributed by atoms with E-state index in [0.717, 1.165) is 16.6 Å². The Morgan fingerprint density at radius 1 is 1.17 bits per heavy atom. The van der Waals surface area contributed by atoms with E-state index in [2.05, 4.69) is 28.9 Å². The Bertz CT molecular complexity index is 370. The van der Waals surface area contributed by atoms with Gasteiger partial charge in [-0.1, -0.05) is 28.9 Å². The minimum atomic E-state index is -0.423. The van der Waals surface area contributed by atoms with Gasteiger partial charge in [0.1, 0.15) is 0 Å². The lowest BCUT2D eigenvalue weighted by molar-refractivity contribution is 0.178. The van der Waals surface area contributed by atoms with Gasteiger partial charge in [-0.05, 0) is 38.0 Å². The zero-order valence-electron chi connectivity index (χ0n) is 11.2. The van der Waals surface area contributed by atoms with Crippen LogP contribution in [0.3, 0.4) is 0 Å². The van der Waals surface area contributed by atoms with Gasteiger partial charge in [-0.2, -0.15) is 0 Å². The van der Waals surface area contributed by atoms with Crippen molar-refractivity contribution in [3.63, 3.8) is 0 Å². The molecule has 4 heteroatoms. The van der Waals surface area contributed by atoms with Crippen LogP contribution in [0.15, 0.2) is 22.7 Å². The maximum Gasteiger partial charge on any atom is 0.0687 e. The van der Waals surface area contributed by atoms with Gasteiger partial charge in [0.2, 0.25) is 0 Å². The summed E-state index contributed by atoms with van der Waals surface area (Å²) in [6, 6.07) is 6.16. The van der Waals surface area contributed by atoms with Crippen LogP contribution in [-0.4, -0.2) is 35.5 Å². The average molecular weight is 316 g/mol. The Morgan fingerprint density at radius 2 is 1.72 bits per heavy atom. The first-order valence-electron chi connectivity index (χ1n) is 6.33. The Balaban J connectivity index is 2.93. The van der Waals surface area contributed by atoms with E-state index in [1.807, 2.05) is 17.0 Å². The average Bonchev–Trinajstić information content (AvgIpc) is 2.26. The molecule has 0 aliphatic rings. The van der Waals surface area contributed by atoms with Gasteiger partial charge in [-0.25, -0.2) is 0 Å². The van der Waals surface area contributed by atoms with Gasteiger partial charge in [0.15, 0.2) is 0 Å². The molecule has 0 saturated heterocycles. The molecule has 0 amide bonds. The van der Waals surface area contributed by atoms with Crippen LogP contribution >= 0.6 is 15.9 Å². The maximum absolute atomic E-state index is 9.53. The van der Waals surface area contributed by atoms with Gasteiger partial charge in [-0.3, -0.25) is 0 Å². The Kier molecular flexibility index (Phi) is 6.12. The summed E-state index contributed by atoms with van der Waals surface area (Å²) < 4.78 is 1.07. The molecule has 0 saturated carbocycles. The number of anilines is 1. The molecule has 1 aromatic carbocycles. The Labute approximate surface area is 118 Å². The van der Waals surface area contributed by atoms with E-state index in [9.17, 15) is 10.2 Å². The fraction of sp³-hybridized carbons (Fsp3) is 0.571. The van der Waals surface area contributed by atoms with Crippen molar-refractivity contribution in [2.45, 2.75) is 39.4 Å². The smallest absolute Gasteiger partial charge is 0.0687 e. The zero-order chi connectivity index (χ0) is 13.7. The summed E-state index contributed by atoms with van der Waals surface area (Å²) in [4.78, 5) is 2.00. The molecule has 0 aliphatic heterocycles. The summed E-state index contributed by atoms with van der Waals surface area (Å²) >= 11 is 3.56. The van der Waals surface area contributed by atoms with Crippen LogP contribution in [-0.2, 0) is 6.42 Å². The van der Waals surface area contributed by atoms with Gasteiger partial charge in [-0.15, -0.1) is 0 Å². The summed E-state index contributed by atoms with van der Waals surface area (Å²) in [6.45, 7) is 6.66. The van der Waals surface area contributed by atoms with E-state index < -0.39 is 12.2 Å². The van der Waals surface area contributed by atoms with Crippen molar-refractivity contribution in [3.05, 3.63) is 28.2 Å². The maximum atomic E-state index is 9.53. The van der Waals surface area contributed by atoms with E-state index in [4.69, 9.17) is 0 Å². The highest BCUT2D eigenvalue weighted by molar-refractivity contribution is 9.10. The van der Waals surface area contributed by atoms with Gasteiger partial charge in [0.25, 0.3) is 0 Å². The third-order valence-corrected chi connectivity index (χ3v) is 3.49. The third kappa shape index (κ3) is 4.59. The lowest BCUT2D eigenvalue weighted by Crippen LogP contribution is -2.36. The number of benzene rings is 1. The molecule has 0 aliphatic carbocycles. The number of aliphatic hydroxyl groups is 2. The molecule has 0 bridgehead atoms. The molecule has 2 N–H and O–H groups in total. The molecule has 0 radical (unpaired) electrons. The fourth-order valence-electron chi connectivity index (χ4n) is 1.94. The molecule has 18 heavy (non-hydrogen) atoms. The quantitative estimate of drug-likeness (QED) is 0.848. The van der Waals surface area contributed by atoms with Crippen molar-refractivity contribution in [1.82, 2.24) is 0 Å². The monoisotopic (exact) mass is 315 g/mol. The first-order valence-corrected chi connectivity index (χ1v) is 7.12. The van der Waals surface area contributed by atoms with Gasteiger partial charge >= 0.3 is 0 Å². The molecule has 0 fully saturated rings. The molecule has 3 nitrogen and oxygen atoms in total. The Hall–Kier alpha value is -0.580. The fourth-order valence-corrected chi connectivity index (χ4v) is 2.59. The van der Waals surface area contributed by atoms with Crippen LogP contribution in [0.1, 0.15) is 26.3 Å². The highest BCUT2D eigenvalue weighted by atomic mass is 79.9. The second kappa shape index (κ2) is 7.12. The van der Waals surface area contributed by atoms with Gasteiger partial charge in [0, 0.05) is 23.2 Å². The van der Waals surface area contributed by atoms with Crippen LogP contribution < -0.4 is 4.90 Å². The van der Waals surface area contributed by atoms with Crippen LogP contribution in [0.4, 0.5) is 5.69 Å². The number of nitrogens with zero attached hydrogens (tertiary/aromatic N) is 1. The standard InChI is InChI=1S/C14H22BrNO2/c1-4-12-5-6-13(7-14(12)15)16(8-10(2)17)9-11(3)18/h5-7,10-11,17-18H,4,8-9H2,1-3H3. The highest BCUT2D eigenvalue weighted by Crippen LogP contribution is 2.25. The van der Waals surface area contributed by atoms with Gasteiger partial charge < -0.3 is 15.1 Å². The molecular weight excluding hydrogens is 294 g/mol. The van der Waals surface area contributed by atoms with Crippen molar-refractivity contribution in [2.75, 3.05) is 18.0 Å². The second-order valence-electron chi connectivity index (χ2n) is 4.73. The minimum Gasteiger partial charge on any atom is -0.392 e. The topological polar surface area (TPSA) is 43.7 Å². The normalized spacial score (nSPS) is 14.3. The molecule has 1 rings (SSSR count). The number of rotatable bonds is 6. The number of aliphatic hydroxyl groups excluding tert-OH is 2. The van der Waals surface area contributed by atoms with Crippen LogP contribution in [0, 0.1) is 0 Å². The van der Waals surface area contributed by atoms with E-state index >= 15 is 0 Å². The van der Waals surface area contributed by atoms with Crippen molar-refractivity contribution in [2.24, 2.45) is 0 Å². The van der Waals surface area contributed by atoms with Crippen molar-refractivity contribution >= 4 is 21.6 Å².